The number of piperidine rings is 1. The van der Waals surface area contributed by atoms with Gasteiger partial charge in [-0.25, -0.2) is 0 Å². The molecule has 1 aromatic carbocycles. The molecule has 5 heteroatoms. The molecule has 0 saturated carbocycles. The molecule has 1 heterocycles. The van der Waals surface area contributed by atoms with Gasteiger partial charge >= 0.3 is 0 Å². The lowest BCUT2D eigenvalue weighted by atomic mass is 10.1. The predicted octanol–water partition coefficient (Wildman–Crippen LogP) is 0.929. The topological polar surface area (TPSA) is 59.6 Å². The van der Waals surface area contributed by atoms with Crippen LogP contribution in [0.1, 0.15) is 19.3 Å². The van der Waals surface area contributed by atoms with Crippen LogP contribution in [0.3, 0.4) is 0 Å². The Bertz CT molecular complexity index is 430. The maximum Gasteiger partial charge on any atom is 0.279 e. The average Bonchev–Trinajstić information content (AvgIpc) is 2.34. The third-order valence-corrected chi connectivity index (χ3v) is 3.55. The normalized spacial score (nSPS) is 16.5. The van der Waals surface area contributed by atoms with Crippen LogP contribution in [0.25, 0.3) is 0 Å². The van der Waals surface area contributed by atoms with Crippen molar-refractivity contribution >= 4 is 28.9 Å². The molecule has 0 atom stereocenters. The first kappa shape index (κ1) is 13.2. The number of nitrogens with two attached hydrogens (primary N) is 1. The lowest BCUT2D eigenvalue weighted by Crippen LogP contribution is -3.13. The number of carbonyl (C=O) groups is 1. The number of hydrogen-bond donors (Lipinski definition) is 3. The minimum Gasteiger partial charge on any atom is -0.399 e. The van der Waals surface area contributed by atoms with Crippen molar-refractivity contribution in [1.29, 1.82) is 0 Å². The van der Waals surface area contributed by atoms with E-state index in [1.54, 1.807) is 18.2 Å². The van der Waals surface area contributed by atoms with Crippen molar-refractivity contribution < 1.29 is 9.69 Å². The summed E-state index contributed by atoms with van der Waals surface area (Å²) in [5, 5.41) is 3.32. The van der Waals surface area contributed by atoms with E-state index in [4.69, 9.17) is 17.3 Å². The summed E-state index contributed by atoms with van der Waals surface area (Å²) in [7, 11) is 0. The van der Waals surface area contributed by atoms with E-state index in [0.29, 0.717) is 22.9 Å². The highest BCUT2D eigenvalue weighted by Crippen LogP contribution is 2.23. The Kier molecular flexibility index (Phi) is 4.44. The van der Waals surface area contributed by atoms with Crippen molar-refractivity contribution in [3.8, 4) is 0 Å². The van der Waals surface area contributed by atoms with Gasteiger partial charge in [0.25, 0.3) is 5.91 Å². The second kappa shape index (κ2) is 6.07. The number of amides is 1. The van der Waals surface area contributed by atoms with E-state index < -0.39 is 0 Å². The zero-order chi connectivity index (χ0) is 13.0. The number of nitrogens with one attached hydrogen (secondary N) is 2. The van der Waals surface area contributed by atoms with Gasteiger partial charge in [0.15, 0.2) is 6.54 Å². The Balaban J connectivity index is 1.90. The Morgan fingerprint density at radius 3 is 2.72 bits per heavy atom. The van der Waals surface area contributed by atoms with Gasteiger partial charge in [-0.15, -0.1) is 0 Å². The van der Waals surface area contributed by atoms with Gasteiger partial charge in [0.1, 0.15) is 0 Å². The third kappa shape index (κ3) is 3.62. The van der Waals surface area contributed by atoms with Crippen LogP contribution in [0.2, 0.25) is 5.02 Å². The van der Waals surface area contributed by atoms with E-state index in [2.05, 4.69) is 5.32 Å². The summed E-state index contributed by atoms with van der Waals surface area (Å²) in [6.07, 6.45) is 3.71. The summed E-state index contributed by atoms with van der Waals surface area (Å²) in [5.74, 6) is 0.0126. The Morgan fingerprint density at radius 2 is 2.06 bits per heavy atom. The molecule has 1 saturated heterocycles. The van der Waals surface area contributed by atoms with E-state index >= 15 is 0 Å². The van der Waals surface area contributed by atoms with Gasteiger partial charge < -0.3 is 16.0 Å². The minimum absolute atomic E-state index is 0.0126. The van der Waals surface area contributed by atoms with Crippen molar-refractivity contribution in [1.82, 2.24) is 0 Å². The summed E-state index contributed by atoms with van der Waals surface area (Å²) in [4.78, 5) is 13.2. The van der Waals surface area contributed by atoms with Gasteiger partial charge in [0, 0.05) is 5.69 Å². The molecule has 98 valence electrons. The standard InChI is InChI=1S/C13H18ClN3O/c14-11-8-10(15)4-5-12(11)16-13(18)9-17-6-2-1-3-7-17/h4-5,8H,1-3,6-7,9,15H2,(H,16,18)/p+1. The van der Waals surface area contributed by atoms with Crippen LogP contribution in [-0.4, -0.2) is 25.5 Å². The minimum atomic E-state index is 0.0126. The SMILES string of the molecule is Nc1ccc(NC(=O)C[NH+]2CCCCC2)c(Cl)c1. The van der Waals surface area contributed by atoms with Gasteiger partial charge in [0.2, 0.25) is 0 Å². The Hall–Kier alpha value is -1.26. The summed E-state index contributed by atoms with van der Waals surface area (Å²) < 4.78 is 0. The van der Waals surface area contributed by atoms with Gasteiger partial charge in [0.05, 0.1) is 23.8 Å². The number of likely N-dealkylation sites (tertiary alicyclic amines) is 1. The molecule has 1 aliphatic rings. The van der Waals surface area contributed by atoms with Crippen LogP contribution in [0.4, 0.5) is 11.4 Å². The van der Waals surface area contributed by atoms with Crippen LogP contribution in [0, 0.1) is 0 Å². The van der Waals surface area contributed by atoms with Crippen LogP contribution in [-0.2, 0) is 4.79 Å². The Labute approximate surface area is 112 Å². The quantitative estimate of drug-likeness (QED) is 0.715. The molecule has 0 spiro atoms. The maximum absolute atomic E-state index is 11.9. The monoisotopic (exact) mass is 268 g/mol. The molecule has 4 N–H and O–H groups in total. The van der Waals surface area contributed by atoms with Crippen LogP contribution < -0.4 is 16.0 Å². The number of carbonyl (C=O) groups excluding carboxylic acids is 1. The van der Waals surface area contributed by atoms with Crippen LogP contribution >= 0.6 is 11.6 Å². The molecule has 1 amide bonds. The molecule has 4 nitrogen and oxygen atoms in total. The molecule has 1 aromatic rings. The highest BCUT2D eigenvalue weighted by atomic mass is 35.5. The largest absolute Gasteiger partial charge is 0.399 e. The van der Waals surface area contributed by atoms with Crippen LogP contribution in [0.15, 0.2) is 18.2 Å². The highest BCUT2D eigenvalue weighted by Gasteiger charge is 2.17. The third-order valence-electron chi connectivity index (χ3n) is 3.24. The lowest BCUT2D eigenvalue weighted by molar-refractivity contribution is -0.896. The van der Waals surface area contributed by atoms with Crippen molar-refractivity contribution in [3.05, 3.63) is 23.2 Å². The molecular weight excluding hydrogens is 250 g/mol. The van der Waals surface area contributed by atoms with Crippen molar-refractivity contribution in [2.75, 3.05) is 30.7 Å². The molecule has 0 aromatic heterocycles. The van der Waals surface area contributed by atoms with Crippen molar-refractivity contribution in [3.63, 3.8) is 0 Å². The summed E-state index contributed by atoms with van der Waals surface area (Å²) >= 11 is 6.01. The fraction of sp³-hybridized carbons (Fsp3) is 0.462. The van der Waals surface area contributed by atoms with E-state index in [1.807, 2.05) is 0 Å². The molecule has 1 fully saturated rings. The average molecular weight is 269 g/mol. The highest BCUT2D eigenvalue weighted by molar-refractivity contribution is 6.34. The molecule has 1 aliphatic heterocycles. The zero-order valence-corrected chi connectivity index (χ0v) is 11.1. The number of anilines is 2. The summed E-state index contributed by atoms with van der Waals surface area (Å²) in [6.45, 7) is 2.69. The summed E-state index contributed by atoms with van der Waals surface area (Å²) in [5.41, 5.74) is 6.84. The van der Waals surface area contributed by atoms with Crippen LogP contribution in [0.5, 0.6) is 0 Å². The second-order valence-electron chi connectivity index (χ2n) is 4.77. The summed E-state index contributed by atoms with van der Waals surface area (Å²) in [6, 6.07) is 5.11. The fourth-order valence-electron chi connectivity index (χ4n) is 2.28. The lowest BCUT2D eigenvalue weighted by Gasteiger charge is -2.22. The number of benzene rings is 1. The number of nitrogen functional groups attached to an aromatic ring is 1. The first-order valence-electron chi connectivity index (χ1n) is 6.33. The smallest absolute Gasteiger partial charge is 0.279 e. The number of quaternary nitrogens is 1. The second-order valence-corrected chi connectivity index (χ2v) is 5.18. The first-order valence-corrected chi connectivity index (χ1v) is 6.71. The van der Waals surface area contributed by atoms with E-state index in [-0.39, 0.29) is 5.91 Å². The number of halogens is 1. The number of rotatable bonds is 3. The maximum atomic E-state index is 11.9. The van der Waals surface area contributed by atoms with Crippen molar-refractivity contribution in [2.45, 2.75) is 19.3 Å². The van der Waals surface area contributed by atoms with Gasteiger partial charge in [-0.2, -0.15) is 0 Å². The zero-order valence-electron chi connectivity index (χ0n) is 10.3. The van der Waals surface area contributed by atoms with Gasteiger partial charge in [-0.1, -0.05) is 11.6 Å². The van der Waals surface area contributed by atoms with Gasteiger partial charge in [-0.3, -0.25) is 4.79 Å². The molecule has 0 bridgehead atoms. The molecule has 0 radical (unpaired) electrons. The first-order chi connectivity index (χ1) is 8.65. The van der Waals surface area contributed by atoms with Crippen molar-refractivity contribution in [2.24, 2.45) is 0 Å². The number of hydrogen-bond acceptors (Lipinski definition) is 2. The molecule has 18 heavy (non-hydrogen) atoms. The molecular formula is C13H19ClN3O+. The Morgan fingerprint density at radius 1 is 1.33 bits per heavy atom. The molecule has 0 unspecified atom stereocenters. The van der Waals surface area contributed by atoms with Gasteiger partial charge in [-0.05, 0) is 37.5 Å². The fourth-order valence-corrected chi connectivity index (χ4v) is 2.52. The van der Waals surface area contributed by atoms with E-state index in [1.165, 1.54) is 24.2 Å². The predicted molar refractivity (Wildman–Crippen MR) is 73.9 cm³/mol. The van der Waals surface area contributed by atoms with E-state index in [9.17, 15) is 4.79 Å². The van der Waals surface area contributed by atoms with E-state index in [0.717, 1.165) is 13.1 Å². The molecule has 2 rings (SSSR count). The molecule has 0 aliphatic carbocycles.